The van der Waals surface area contributed by atoms with Gasteiger partial charge in [0.05, 0.1) is 23.0 Å². The molecular formula is C11H20ClN3. The van der Waals surface area contributed by atoms with Crippen molar-refractivity contribution < 1.29 is 0 Å². The van der Waals surface area contributed by atoms with Crippen molar-refractivity contribution in [1.29, 1.82) is 0 Å². The third kappa shape index (κ3) is 2.73. The van der Waals surface area contributed by atoms with Gasteiger partial charge in [0.25, 0.3) is 0 Å². The molecule has 0 spiro atoms. The maximum atomic E-state index is 6.18. The number of halogens is 1. The third-order valence-electron chi connectivity index (χ3n) is 2.84. The quantitative estimate of drug-likeness (QED) is 0.844. The highest BCUT2D eigenvalue weighted by Crippen LogP contribution is 2.27. The number of hydrogen-bond donors (Lipinski definition) is 1. The van der Waals surface area contributed by atoms with Crippen molar-refractivity contribution >= 4 is 11.6 Å². The van der Waals surface area contributed by atoms with Gasteiger partial charge in [0, 0.05) is 6.54 Å². The molecule has 1 aromatic rings. The number of hydrogen-bond acceptors (Lipinski definition) is 2. The summed E-state index contributed by atoms with van der Waals surface area (Å²) in [4.78, 5) is 0. The van der Waals surface area contributed by atoms with Crippen molar-refractivity contribution in [2.45, 2.75) is 46.2 Å². The highest BCUT2D eigenvalue weighted by atomic mass is 35.5. The van der Waals surface area contributed by atoms with Gasteiger partial charge in [0.2, 0.25) is 0 Å². The standard InChI is InChI=1S/C11H20ClN3/c1-4-6-15-11(9(12)7-14-15)10(13)8(3)5-2/h7-8,10H,4-6,13H2,1-3H3. The van der Waals surface area contributed by atoms with E-state index < -0.39 is 0 Å². The minimum absolute atomic E-state index is 0.0171. The van der Waals surface area contributed by atoms with Gasteiger partial charge in [-0.25, -0.2) is 0 Å². The van der Waals surface area contributed by atoms with E-state index in [0.29, 0.717) is 10.9 Å². The van der Waals surface area contributed by atoms with Crippen LogP contribution in [0.15, 0.2) is 6.20 Å². The van der Waals surface area contributed by atoms with E-state index in [-0.39, 0.29) is 6.04 Å². The summed E-state index contributed by atoms with van der Waals surface area (Å²) in [6.45, 7) is 7.28. The number of nitrogens with zero attached hydrogens (tertiary/aromatic N) is 2. The number of rotatable bonds is 5. The summed E-state index contributed by atoms with van der Waals surface area (Å²) in [6.07, 6.45) is 3.78. The van der Waals surface area contributed by atoms with E-state index in [9.17, 15) is 0 Å². The first-order valence-corrected chi connectivity index (χ1v) is 5.96. The summed E-state index contributed by atoms with van der Waals surface area (Å²) >= 11 is 6.11. The molecule has 0 bridgehead atoms. The molecule has 0 amide bonds. The van der Waals surface area contributed by atoms with Crippen molar-refractivity contribution in [1.82, 2.24) is 9.78 Å². The minimum Gasteiger partial charge on any atom is -0.322 e. The second kappa shape index (κ2) is 5.52. The van der Waals surface area contributed by atoms with Gasteiger partial charge in [-0.15, -0.1) is 0 Å². The first kappa shape index (κ1) is 12.5. The van der Waals surface area contributed by atoms with Gasteiger partial charge >= 0.3 is 0 Å². The molecule has 0 fully saturated rings. The van der Waals surface area contributed by atoms with Crippen LogP contribution in [0.5, 0.6) is 0 Å². The molecule has 2 N–H and O–H groups in total. The monoisotopic (exact) mass is 229 g/mol. The third-order valence-corrected chi connectivity index (χ3v) is 3.13. The Morgan fingerprint density at radius 3 is 2.73 bits per heavy atom. The molecule has 0 saturated carbocycles. The predicted molar refractivity (Wildman–Crippen MR) is 63.9 cm³/mol. The summed E-state index contributed by atoms with van der Waals surface area (Å²) in [6, 6.07) is -0.0171. The van der Waals surface area contributed by atoms with E-state index >= 15 is 0 Å². The average molecular weight is 230 g/mol. The zero-order chi connectivity index (χ0) is 11.4. The van der Waals surface area contributed by atoms with Crippen LogP contribution in [-0.4, -0.2) is 9.78 Å². The van der Waals surface area contributed by atoms with E-state index in [1.807, 2.05) is 4.68 Å². The van der Waals surface area contributed by atoms with Crippen molar-refractivity contribution in [2.24, 2.45) is 11.7 Å². The maximum absolute atomic E-state index is 6.18. The lowest BCUT2D eigenvalue weighted by atomic mass is 9.97. The number of aromatic nitrogens is 2. The van der Waals surface area contributed by atoms with Gasteiger partial charge < -0.3 is 5.73 Å². The van der Waals surface area contributed by atoms with Crippen molar-refractivity contribution in [3.63, 3.8) is 0 Å². The lowest BCUT2D eigenvalue weighted by Gasteiger charge is -2.20. The molecule has 0 aliphatic heterocycles. The van der Waals surface area contributed by atoms with Crippen LogP contribution in [0.1, 0.15) is 45.3 Å². The van der Waals surface area contributed by atoms with Crippen LogP contribution in [0.25, 0.3) is 0 Å². The molecule has 86 valence electrons. The second-order valence-corrected chi connectivity index (χ2v) is 4.42. The molecule has 1 rings (SSSR count). The van der Waals surface area contributed by atoms with E-state index in [0.717, 1.165) is 25.1 Å². The number of aryl methyl sites for hydroxylation is 1. The Morgan fingerprint density at radius 2 is 2.20 bits per heavy atom. The van der Waals surface area contributed by atoms with Crippen molar-refractivity contribution in [2.75, 3.05) is 0 Å². The molecule has 0 aliphatic carbocycles. The Balaban J connectivity index is 2.94. The van der Waals surface area contributed by atoms with Crippen molar-refractivity contribution in [3.05, 3.63) is 16.9 Å². The molecule has 3 nitrogen and oxygen atoms in total. The molecule has 15 heavy (non-hydrogen) atoms. The van der Waals surface area contributed by atoms with E-state index in [1.54, 1.807) is 6.20 Å². The molecule has 0 radical (unpaired) electrons. The first-order chi connectivity index (χ1) is 7.11. The smallest absolute Gasteiger partial charge is 0.0834 e. The van der Waals surface area contributed by atoms with Gasteiger partial charge in [-0.2, -0.15) is 5.10 Å². The van der Waals surface area contributed by atoms with Crippen LogP contribution in [0, 0.1) is 5.92 Å². The summed E-state index contributed by atoms with van der Waals surface area (Å²) in [7, 11) is 0. The summed E-state index contributed by atoms with van der Waals surface area (Å²) in [5, 5.41) is 4.94. The maximum Gasteiger partial charge on any atom is 0.0834 e. The van der Waals surface area contributed by atoms with Gasteiger partial charge in [0.1, 0.15) is 0 Å². The Labute approximate surface area is 96.6 Å². The lowest BCUT2D eigenvalue weighted by molar-refractivity contribution is 0.420. The summed E-state index contributed by atoms with van der Waals surface area (Å²) in [5.74, 6) is 0.426. The Morgan fingerprint density at radius 1 is 1.53 bits per heavy atom. The fourth-order valence-electron chi connectivity index (χ4n) is 1.62. The first-order valence-electron chi connectivity index (χ1n) is 5.58. The Kier molecular flexibility index (Phi) is 4.61. The predicted octanol–water partition coefficient (Wildman–Crippen LogP) is 2.99. The minimum atomic E-state index is -0.0171. The fourth-order valence-corrected chi connectivity index (χ4v) is 1.88. The topological polar surface area (TPSA) is 43.8 Å². The summed E-state index contributed by atoms with van der Waals surface area (Å²) in [5.41, 5.74) is 7.16. The van der Waals surface area contributed by atoms with Crippen LogP contribution >= 0.6 is 11.6 Å². The Hall–Kier alpha value is -0.540. The summed E-state index contributed by atoms with van der Waals surface area (Å²) < 4.78 is 1.93. The fraction of sp³-hybridized carbons (Fsp3) is 0.727. The van der Waals surface area contributed by atoms with Crippen LogP contribution < -0.4 is 5.73 Å². The van der Waals surface area contributed by atoms with Gasteiger partial charge in [-0.1, -0.05) is 38.8 Å². The molecule has 0 aromatic carbocycles. The normalized spacial score (nSPS) is 15.3. The van der Waals surface area contributed by atoms with Crippen LogP contribution in [0.3, 0.4) is 0 Å². The van der Waals surface area contributed by atoms with Gasteiger partial charge in [0.15, 0.2) is 0 Å². The highest BCUT2D eigenvalue weighted by Gasteiger charge is 2.20. The molecule has 2 atom stereocenters. The molecule has 4 heteroatoms. The highest BCUT2D eigenvalue weighted by molar-refractivity contribution is 6.31. The van der Waals surface area contributed by atoms with E-state index in [1.165, 1.54) is 0 Å². The second-order valence-electron chi connectivity index (χ2n) is 4.01. The van der Waals surface area contributed by atoms with Gasteiger partial charge in [-0.3, -0.25) is 4.68 Å². The molecule has 1 aromatic heterocycles. The molecular weight excluding hydrogens is 210 g/mol. The largest absolute Gasteiger partial charge is 0.322 e. The number of nitrogens with two attached hydrogens (primary N) is 1. The van der Waals surface area contributed by atoms with Crippen molar-refractivity contribution in [3.8, 4) is 0 Å². The molecule has 0 aliphatic rings. The van der Waals surface area contributed by atoms with Crippen LogP contribution in [-0.2, 0) is 6.54 Å². The molecule has 1 heterocycles. The Bertz CT molecular complexity index is 309. The molecule has 0 saturated heterocycles. The average Bonchev–Trinajstić information content (AvgIpc) is 2.58. The van der Waals surface area contributed by atoms with E-state index in [2.05, 4.69) is 25.9 Å². The van der Waals surface area contributed by atoms with Gasteiger partial charge in [-0.05, 0) is 12.3 Å². The molecule has 2 unspecified atom stereocenters. The van der Waals surface area contributed by atoms with Crippen LogP contribution in [0.2, 0.25) is 5.02 Å². The SMILES string of the molecule is CCCn1ncc(Cl)c1C(N)C(C)CC. The lowest BCUT2D eigenvalue weighted by Crippen LogP contribution is -2.22. The van der Waals surface area contributed by atoms with E-state index in [4.69, 9.17) is 17.3 Å². The zero-order valence-electron chi connectivity index (χ0n) is 9.70. The zero-order valence-corrected chi connectivity index (χ0v) is 10.5. The van der Waals surface area contributed by atoms with Crippen LogP contribution in [0.4, 0.5) is 0 Å².